The summed E-state index contributed by atoms with van der Waals surface area (Å²) in [7, 11) is 0. The van der Waals surface area contributed by atoms with Crippen molar-refractivity contribution in [1.82, 2.24) is 0 Å². The number of hydrogen-bond donors (Lipinski definition) is 1. The molecule has 0 aliphatic carbocycles. The Morgan fingerprint density at radius 1 is 1.53 bits per heavy atom. The first-order valence-electron chi connectivity index (χ1n) is 4.52. The van der Waals surface area contributed by atoms with Crippen molar-refractivity contribution < 1.29 is 14.6 Å². The SMILES string of the molecule is C=C(C)C(O)c1cc(Br)c2c(c1)OCO2. The van der Waals surface area contributed by atoms with Gasteiger partial charge in [0.05, 0.1) is 10.6 Å². The van der Waals surface area contributed by atoms with Gasteiger partial charge in [-0.3, -0.25) is 0 Å². The van der Waals surface area contributed by atoms with Gasteiger partial charge in [-0.2, -0.15) is 0 Å². The molecule has 1 N–H and O–H groups in total. The van der Waals surface area contributed by atoms with Crippen LogP contribution in [0.4, 0.5) is 0 Å². The van der Waals surface area contributed by atoms with Gasteiger partial charge in [-0.25, -0.2) is 0 Å². The second-order valence-corrected chi connectivity index (χ2v) is 4.34. The lowest BCUT2D eigenvalue weighted by Crippen LogP contribution is -1.98. The molecular weight excluding hydrogens is 260 g/mol. The van der Waals surface area contributed by atoms with Gasteiger partial charge in [0.15, 0.2) is 11.5 Å². The summed E-state index contributed by atoms with van der Waals surface area (Å²) in [5.41, 5.74) is 1.44. The van der Waals surface area contributed by atoms with Gasteiger partial charge in [0, 0.05) is 0 Å². The highest BCUT2D eigenvalue weighted by molar-refractivity contribution is 9.10. The lowest BCUT2D eigenvalue weighted by molar-refractivity contribution is 0.173. The predicted octanol–water partition coefficient (Wildman–Crippen LogP) is 2.79. The summed E-state index contributed by atoms with van der Waals surface area (Å²) >= 11 is 3.37. The summed E-state index contributed by atoms with van der Waals surface area (Å²) < 4.78 is 11.3. The molecule has 1 aliphatic heterocycles. The van der Waals surface area contributed by atoms with Gasteiger partial charge < -0.3 is 14.6 Å². The van der Waals surface area contributed by atoms with E-state index in [-0.39, 0.29) is 6.79 Å². The molecule has 1 atom stereocenters. The van der Waals surface area contributed by atoms with Crippen molar-refractivity contribution in [2.45, 2.75) is 13.0 Å². The Balaban J connectivity index is 2.43. The second-order valence-electron chi connectivity index (χ2n) is 3.49. The fourth-order valence-electron chi connectivity index (χ4n) is 1.43. The molecule has 0 amide bonds. The minimum absolute atomic E-state index is 0.223. The van der Waals surface area contributed by atoms with Crippen molar-refractivity contribution in [3.05, 3.63) is 34.3 Å². The van der Waals surface area contributed by atoms with Crippen molar-refractivity contribution in [3.8, 4) is 11.5 Å². The molecule has 1 aromatic rings. The predicted molar refractivity (Wildman–Crippen MR) is 60.0 cm³/mol. The molecule has 1 unspecified atom stereocenters. The third-order valence-electron chi connectivity index (χ3n) is 2.23. The Morgan fingerprint density at radius 2 is 2.27 bits per heavy atom. The summed E-state index contributed by atoms with van der Waals surface area (Å²) in [6, 6.07) is 3.58. The average Bonchev–Trinajstić information content (AvgIpc) is 2.64. The van der Waals surface area contributed by atoms with Crippen LogP contribution in [0.2, 0.25) is 0 Å². The molecule has 15 heavy (non-hydrogen) atoms. The van der Waals surface area contributed by atoms with Crippen molar-refractivity contribution in [2.75, 3.05) is 6.79 Å². The molecule has 0 aromatic heterocycles. The number of ether oxygens (including phenoxy) is 2. The maximum Gasteiger partial charge on any atom is 0.231 e. The molecule has 0 saturated carbocycles. The number of fused-ring (bicyclic) bond motifs is 1. The summed E-state index contributed by atoms with van der Waals surface area (Å²) in [4.78, 5) is 0. The number of halogens is 1. The standard InChI is InChI=1S/C11H11BrO3/c1-6(2)10(13)7-3-8(12)11-9(4-7)14-5-15-11/h3-4,10,13H,1,5H2,2H3. The van der Waals surface area contributed by atoms with E-state index in [0.717, 1.165) is 10.0 Å². The highest BCUT2D eigenvalue weighted by Crippen LogP contribution is 2.41. The van der Waals surface area contributed by atoms with E-state index in [2.05, 4.69) is 22.5 Å². The molecule has 3 nitrogen and oxygen atoms in total. The molecule has 1 heterocycles. The molecule has 80 valence electrons. The largest absolute Gasteiger partial charge is 0.454 e. The zero-order chi connectivity index (χ0) is 11.0. The Kier molecular flexibility index (Phi) is 2.71. The lowest BCUT2D eigenvalue weighted by atomic mass is 10.0. The van der Waals surface area contributed by atoms with Crippen LogP contribution < -0.4 is 9.47 Å². The van der Waals surface area contributed by atoms with Crippen LogP contribution in [-0.2, 0) is 0 Å². The number of benzene rings is 1. The molecule has 0 saturated heterocycles. The summed E-state index contributed by atoms with van der Waals surface area (Å²) in [5, 5.41) is 9.84. The Morgan fingerprint density at radius 3 is 2.93 bits per heavy atom. The van der Waals surface area contributed by atoms with Gasteiger partial charge in [0.1, 0.15) is 0 Å². The molecule has 0 fully saturated rings. The van der Waals surface area contributed by atoms with E-state index in [4.69, 9.17) is 9.47 Å². The van der Waals surface area contributed by atoms with E-state index in [1.165, 1.54) is 0 Å². The van der Waals surface area contributed by atoms with Gasteiger partial charge in [-0.1, -0.05) is 6.58 Å². The van der Waals surface area contributed by atoms with Gasteiger partial charge >= 0.3 is 0 Å². The van der Waals surface area contributed by atoms with Gasteiger partial charge in [-0.15, -0.1) is 0 Å². The van der Waals surface area contributed by atoms with Gasteiger partial charge in [-0.05, 0) is 46.1 Å². The molecule has 1 aromatic carbocycles. The van der Waals surface area contributed by atoms with E-state index in [0.29, 0.717) is 17.1 Å². The minimum atomic E-state index is -0.671. The van der Waals surface area contributed by atoms with E-state index >= 15 is 0 Å². The van der Waals surface area contributed by atoms with Gasteiger partial charge in [0.25, 0.3) is 0 Å². The molecule has 0 radical (unpaired) electrons. The topological polar surface area (TPSA) is 38.7 Å². The van der Waals surface area contributed by atoms with Crippen molar-refractivity contribution in [2.24, 2.45) is 0 Å². The number of aliphatic hydroxyl groups excluding tert-OH is 1. The van der Waals surface area contributed by atoms with Crippen molar-refractivity contribution in [3.63, 3.8) is 0 Å². The van der Waals surface area contributed by atoms with Crippen LogP contribution in [0.1, 0.15) is 18.6 Å². The van der Waals surface area contributed by atoms with Gasteiger partial charge in [0.2, 0.25) is 6.79 Å². The molecular formula is C11H11BrO3. The fraction of sp³-hybridized carbons (Fsp3) is 0.273. The monoisotopic (exact) mass is 270 g/mol. The quantitative estimate of drug-likeness (QED) is 0.840. The van der Waals surface area contributed by atoms with E-state index < -0.39 is 6.10 Å². The third-order valence-corrected chi connectivity index (χ3v) is 2.82. The second kappa shape index (κ2) is 3.87. The lowest BCUT2D eigenvalue weighted by Gasteiger charge is -2.12. The zero-order valence-corrected chi connectivity index (χ0v) is 9.87. The van der Waals surface area contributed by atoms with E-state index in [9.17, 15) is 5.11 Å². The highest BCUT2D eigenvalue weighted by atomic mass is 79.9. The smallest absolute Gasteiger partial charge is 0.231 e. The van der Waals surface area contributed by atoms with E-state index in [1.807, 2.05) is 6.07 Å². The highest BCUT2D eigenvalue weighted by Gasteiger charge is 2.20. The number of hydrogen-bond acceptors (Lipinski definition) is 3. The molecule has 1 aliphatic rings. The van der Waals surface area contributed by atoms with Crippen LogP contribution in [0.25, 0.3) is 0 Å². The summed E-state index contributed by atoms with van der Waals surface area (Å²) in [6.45, 7) is 5.72. The van der Waals surface area contributed by atoms with Crippen LogP contribution in [-0.4, -0.2) is 11.9 Å². The molecule has 2 rings (SSSR count). The van der Waals surface area contributed by atoms with Crippen LogP contribution in [0.15, 0.2) is 28.8 Å². The third kappa shape index (κ3) is 1.87. The first-order chi connectivity index (χ1) is 7.09. The fourth-order valence-corrected chi connectivity index (χ4v) is 2.00. The van der Waals surface area contributed by atoms with E-state index in [1.54, 1.807) is 13.0 Å². The average molecular weight is 271 g/mol. The molecule has 0 bridgehead atoms. The van der Waals surface area contributed by atoms with Crippen LogP contribution in [0.5, 0.6) is 11.5 Å². The summed E-state index contributed by atoms with van der Waals surface area (Å²) in [5.74, 6) is 1.34. The normalized spacial score (nSPS) is 15.1. The number of aliphatic hydroxyl groups is 1. The Bertz CT molecular complexity index is 415. The molecule has 4 heteroatoms. The first kappa shape index (κ1) is 10.5. The van der Waals surface area contributed by atoms with Crippen molar-refractivity contribution >= 4 is 15.9 Å². The Hall–Kier alpha value is -1.00. The maximum absolute atomic E-state index is 9.84. The van der Waals surface area contributed by atoms with Crippen molar-refractivity contribution in [1.29, 1.82) is 0 Å². The number of rotatable bonds is 2. The summed E-state index contributed by atoms with van der Waals surface area (Å²) in [6.07, 6.45) is -0.671. The Labute approximate surface area is 96.4 Å². The zero-order valence-electron chi connectivity index (χ0n) is 8.29. The first-order valence-corrected chi connectivity index (χ1v) is 5.31. The minimum Gasteiger partial charge on any atom is -0.454 e. The maximum atomic E-state index is 9.84. The molecule has 0 spiro atoms. The van der Waals surface area contributed by atoms with Crippen LogP contribution in [0.3, 0.4) is 0 Å². The van der Waals surface area contributed by atoms with Crippen LogP contribution in [0, 0.1) is 0 Å². The van der Waals surface area contributed by atoms with Crippen LogP contribution >= 0.6 is 15.9 Å².